The van der Waals surface area contributed by atoms with Gasteiger partial charge in [-0.3, -0.25) is 4.79 Å². The summed E-state index contributed by atoms with van der Waals surface area (Å²) in [5, 5.41) is 0.393. The van der Waals surface area contributed by atoms with Gasteiger partial charge in [-0.15, -0.1) is 0 Å². The highest BCUT2D eigenvalue weighted by molar-refractivity contribution is 7.99. The first-order valence-electron chi connectivity index (χ1n) is 14.2. The Hall–Kier alpha value is -2.69. The molecule has 0 radical (unpaired) electrons. The third-order valence-corrected chi connectivity index (χ3v) is 7.04. The molecule has 1 unspecified atom stereocenters. The summed E-state index contributed by atoms with van der Waals surface area (Å²) >= 11 is 1.14. The van der Waals surface area contributed by atoms with Crippen LogP contribution in [0.4, 0.5) is 9.59 Å². The molecule has 0 fully saturated rings. The third-order valence-electron chi connectivity index (χ3n) is 6.23. The molecular weight excluding hydrogens is 584 g/mol. The van der Waals surface area contributed by atoms with Gasteiger partial charge in [-0.1, -0.05) is 6.08 Å². The normalized spacial score (nSPS) is 13.8. The average molecular weight is 631 g/mol. The van der Waals surface area contributed by atoms with Crippen LogP contribution in [0.3, 0.4) is 0 Å². The van der Waals surface area contributed by atoms with Crippen molar-refractivity contribution in [3.63, 3.8) is 0 Å². The van der Waals surface area contributed by atoms with Gasteiger partial charge in [-0.05, 0) is 31.7 Å². The average Bonchev–Trinajstić information content (AvgIpc) is 3.41. The standard InChI is InChI=1S/C28H46N4O10S/c1-21(2)40-14-11-32-23-8-7-22(19-41-27(34)30(3)9-12-38-17-15-36-5)24(23)25(33)29-26(32)43-20-42-28(35)31(4)10-13-39-18-16-37-6/h7-8,21-22H,9-20H2,1-6H3. The zero-order valence-electron chi connectivity index (χ0n) is 26.1. The maximum Gasteiger partial charge on any atom is 0.410 e. The topological polar surface area (TPSA) is 140 Å². The van der Waals surface area contributed by atoms with Crippen LogP contribution in [0, 0.1) is 0 Å². The maximum atomic E-state index is 13.2. The molecule has 0 saturated heterocycles. The minimum Gasteiger partial charge on any atom is -0.448 e. The monoisotopic (exact) mass is 630 g/mol. The summed E-state index contributed by atoms with van der Waals surface area (Å²) in [4.78, 5) is 45.2. The first kappa shape index (κ1) is 36.5. The first-order chi connectivity index (χ1) is 20.7. The number of carbonyl (C=O) groups excluding carboxylic acids is 2. The molecule has 0 spiro atoms. The van der Waals surface area contributed by atoms with Gasteiger partial charge in [0.25, 0.3) is 5.56 Å². The van der Waals surface area contributed by atoms with Gasteiger partial charge in [0.05, 0.1) is 63.6 Å². The Morgan fingerprint density at radius 3 is 2.12 bits per heavy atom. The number of fused-ring (bicyclic) bond motifs is 1. The van der Waals surface area contributed by atoms with Crippen LogP contribution in [0.15, 0.2) is 16.0 Å². The molecular formula is C28H46N4O10S. The highest BCUT2D eigenvalue weighted by Crippen LogP contribution is 2.30. The van der Waals surface area contributed by atoms with E-state index in [0.717, 1.165) is 11.8 Å². The Labute approximate surface area is 257 Å². The molecule has 1 aliphatic carbocycles. The number of aromatic nitrogens is 2. The lowest BCUT2D eigenvalue weighted by molar-refractivity contribution is 0.0544. The van der Waals surface area contributed by atoms with E-state index in [2.05, 4.69) is 4.98 Å². The van der Waals surface area contributed by atoms with Crippen LogP contribution in [0.2, 0.25) is 0 Å². The van der Waals surface area contributed by atoms with Gasteiger partial charge < -0.3 is 47.5 Å². The predicted molar refractivity (Wildman–Crippen MR) is 161 cm³/mol. The molecule has 0 saturated carbocycles. The molecule has 2 rings (SSSR count). The predicted octanol–water partition coefficient (Wildman–Crippen LogP) is 2.29. The molecule has 0 N–H and O–H groups in total. The van der Waals surface area contributed by atoms with E-state index in [1.807, 2.05) is 30.6 Å². The van der Waals surface area contributed by atoms with Crippen molar-refractivity contribution in [2.45, 2.75) is 37.6 Å². The van der Waals surface area contributed by atoms with Crippen LogP contribution in [0.25, 0.3) is 6.08 Å². The van der Waals surface area contributed by atoms with Crippen molar-refractivity contribution >= 4 is 30.0 Å². The van der Waals surface area contributed by atoms with Gasteiger partial charge in [0, 0.05) is 53.9 Å². The van der Waals surface area contributed by atoms with Crippen LogP contribution in [-0.4, -0.2) is 138 Å². The smallest absolute Gasteiger partial charge is 0.410 e. The van der Waals surface area contributed by atoms with Gasteiger partial charge in [0.1, 0.15) is 12.5 Å². The zero-order valence-corrected chi connectivity index (χ0v) is 26.9. The van der Waals surface area contributed by atoms with Gasteiger partial charge >= 0.3 is 12.2 Å². The highest BCUT2D eigenvalue weighted by Gasteiger charge is 2.28. The molecule has 1 aliphatic rings. The number of thioether (sulfide) groups is 1. The molecule has 1 atom stereocenters. The zero-order chi connectivity index (χ0) is 31.6. The molecule has 0 aromatic carbocycles. The number of nitrogens with zero attached hydrogens (tertiary/aromatic N) is 4. The van der Waals surface area contributed by atoms with E-state index < -0.39 is 23.7 Å². The van der Waals surface area contributed by atoms with Gasteiger partial charge in [0.15, 0.2) is 5.16 Å². The fourth-order valence-corrected chi connectivity index (χ4v) is 4.59. The molecule has 43 heavy (non-hydrogen) atoms. The lowest BCUT2D eigenvalue weighted by Gasteiger charge is -2.20. The van der Waals surface area contributed by atoms with E-state index in [1.165, 1.54) is 9.80 Å². The van der Waals surface area contributed by atoms with Gasteiger partial charge in [-0.2, -0.15) is 4.98 Å². The quantitative estimate of drug-likeness (QED) is 0.0852. The molecule has 2 amide bonds. The Morgan fingerprint density at radius 1 is 0.930 bits per heavy atom. The summed E-state index contributed by atoms with van der Waals surface area (Å²) in [5.41, 5.74) is 0.672. The van der Waals surface area contributed by atoms with Crippen molar-refractivity contribution in [2.75, 3.05) is 100 Å². The second-order valence-corrected chi connectivity index (χ2v) is 10.7. The molecule has 15 heteroatoms. The van der Waals surface area contributed by atoms with E-state index in [9.17, 15) is 14.4 Å². The Morgan fingerprint density at radius 2 is 1.53 bits per heavy atom. The largest absolute Gasteiger partial charge is 0.448 e. The number of hydrogen-bond donors (Lipinski definition) is 0. The van der Waals surface area contributed by atoms with E-state index in [1.54, 1.807) is 28.3 Å². The van der Waals surface area contributed by atoms with E-state index in [-0.39, 0.29) is 18.6 Å². The minimum atomic E-state index is -0.519. The fourth-order valence-electron chi connectivity index (χ4n) is 3.83. The van der Waals surface area contributed by atoms with Crippen molar-refractivity contribution in [1.82, 2.24) is 19.4 Å². The number of ether oxygens (including phenoxy) is 7. The molecule has 1 aromatic rings. The summed E-state index contributed by atoms with van der Waals surface area (Å²) in [5.74, 6) is -0.491. The van der Waals surface area contributed by atoms with Crippen LogP contribution in [0.1, 0.15) is 31.0 Å². The minimum absolute atomic E-state index is 0.0117. The van der Waals surface area contributed by atoms with Gasteiger partial charge in [0.2, 0.25) is 0 Å². The Bertz CT molecular complexity index is 1080. The van der Waals surface area contributed by atoms with Gasteiger partial charge in [-0.25, -0.2) is 9.59 Å². The summed E-state index contributed by atoms with van der Waals surface area (Å²) in [6.45, 7) is 7.93. The second-order valence-electron chi connectivity index (χ2n) is 9.84. The number of hydrogen-bond acceptors (Lipinski definition) is 12. The van der Waals surface area contributed by atoms with Crippen LogP contribution in [-0.2, 0) is 39.7 Å². The van der Waals surface area contributed by atoms with E-state index in [0.29, 0.717) is 82.3 Å². The SMILES string of the molecule is COCCOCCN(C)C(=O)OCSc1nc(=O)c2c(n1CCOC(C)C)C=CC2COC(=O)N(C)CCOCCOC. The number of methoxy groups -OCH3 is 2. The van der Waals surface area contributed by atoms with Crippen molar-refractivity contribution in [2.24, 2.45) is 0 Å². The van der Waals surface area contributed by atoms with E-state index >= 15 is 0 Å². The Balaban J connectivity index is 2.02. The summed E-state index contributed by atoms with van der Waals surface area (Å²) in [6.07, 6.45) is 2.64. The van der Waals surface area contributed by atoms with Crippen molar-refractivity contribution < 1.29 is 42.7 Å². The molecule has 1 aromatic heterocycles. The third kappa shape index (κ3) is 12.8. The molecule has 1 heterocycles. The number of likely N-dealkylation sites (N-methyl/N-ethyl adjacent to an activating group) is 2. The second kappa shape index (κ2) is 20.3. The number of carbonyl (C=O) groups is 2. The first-order valence-corrected chi connectivity index (χ1v) is 15.1. The van der Waals surface area contributed by atoms with Crippen molar-refractivity contribution in [3.8, 4) is 0 Å². The van der Waals surface area contributed by atoms with Crippen molar-refractivity contribution in [1.29, 1.82) is 0 Å². The van der Waals surface area contributed by atoms with Crippen LogP contribution in [0.5, 0.6) is 0 Å². The molecule has 244 valence electrons. The van der Waals surface area contributed by atoms with E-state index in [4.69, 9.17) is 33.2 Å². The summed E-state index contributed by atoms with van der Waals surface area (Å²) in [6, 6.07) is 0. The maximum absolute atomic E-state index is 13.2. The highest BCUT2D eigenvalue weighted by atomic mass is 32.2. The fraction of sp³-hybridized carbons (Fsp3) is 0.714. The molecule has 14 nitrogen and oxygen atoms in total. The Kier molecular flexibility index (Phi) is 17.2. The van der Waals surface area contributed by atoms with Crippen LogP contribution >= 0.6 is 11.8 Å². The molecule has 0 aliphatic heterocycles. The summed E-state index contributed by atoms with van der Waals surface area (Å²) < 4.78 is 39.1. The molecule has 0 bridgehead atoms. The lowest BCUT2D eigenvalue weighted by Crippen LogP contribution is -2.32. The lowest BCUT2D eigenvalue weighted by atomic mass is 10.1. The number of amides is 2. The van der Waals surface area contributed by atoms with Crippen molar-refractivity contribution in [3.05, 3.63) is 27.7 Å². The van der Waals surface area contributed by atoms with Crippen LogP contribution < -0.4 is 5.56 Å². The number of rotatable bonds is 21. The summed E-state index contributed by atoms with van der Waals surface area (Å²) in [7, 11) is 6.42.